The van der Waals surface area contributed by atoms with Gasteiger partial charge in [-0.05, 0) is 31.2 Å². The highest BCUT2D eigenvalue weighted by molar-refractivity contribution is 5.37. The zero-order chi connectivity index (χ0) is 15.7. The van der Waals surface area contributed by atoms with Crippen LogP contribution in [0.1, 0.15) is 17.5 Å². The first-order valence-corrected chi connectivity index (χ1v) is 6.29. The zero-order valence-corrected chi connectivity index (χ0v) is 10.8. The summed E-state index contributed by atoms with van der Waals surface area (Å²) in [6.45, 7) is 1.50. The molecule has 2 rings (SSSR count). The molecule has 1 aliphatic rings. The third-order valence-corrected chi connectivity index (χ3v) is 3.21. The number of rotatable bonds is 3. The fourth-order valence-corrected chi connectivity index (χ4v) is 2.08. The maximum Gasteiger partial charge on any atom is 0.416 e. The molecule has 0 bridgehead atoms. The van der Waals surface area contributed by atoms with Crippen LogP contribution in [0.4, 0.5) is 26.3 Å². The summed E-state index contributed by atoms with van der Waals surface area (Å²) in [4.78, 5) is 0. The first-order chi connectivity index (χ1) is 9.66. The molecule has 1 aromatic rings. The first-order valence-electron chi connectivity index (χ1n) is 6.29. The second kappa shape index (κ2) is 5.75. The molecular weight excluding hydrogens is 300 g/mol. The molecule has 1 aromatic carbocycles. The molecule has 0 aliphatic carbocycles. The topological polar surface area (TPSA) is 21.3 Å². The quantitative estimate of drug-likeness (QED) is 0.859. The van der Waals surface area contributed by atoms with Crippen molar-refractivity contribution < 1.29 is 31.1 Å². The van der Waals surface area contributed by atoms with Gasteiger partial charge in [0.15, 0.2) is 0 Å². The highest BCUT2D eigenvalue weighted by atomic mass is 19.4. The molecule has 1 unspecified atom stereocenters. The van der Waals surface area contributed by atoms with Crippen molar-refractivity contribution in [3.63, 3.8) is 0 Å². The van der Waals surface area contributed by atoms with Crippen LogP contribution in [0.5, 0.6) is 5.75 Å². The predicted molar refractivity (Wildman–Crippen MR) is 62.9 cm³/mol. The van der Waals surface area contributed by atoms with E-state index in [1.807, 2.05) is 0 Å². The van der Waals surface area contributed by atoms with Crippen LogP contribution in [0.2, 0.25) is 0 Å². The summed E-state index contributed by atoms with van der Waals surface area (Å²) in [7, 11) is 0. The van der Waals surface area contributed by atoms with Gasteiger partial charge in [0.2, 0.25) is 0 Å². The second-order valence-electron chi connectivity index (χ2n) is 4.91. The Bertz CT molecular complexity index is 458. The van der Waals surface area contributed by atoms with Crippen LogP contribution in [0.3, 0.4) is 0 Å². The Balaban J connectivity index is 2.22. The number of ether oxygens (including phenoxy) is 1. The molecule has 8 heteroatoms. The van der Waals surface area contributed by atoms with Gasteiger partial charge in [-0.3, -0.25) is 0 Å². The fraction of sp³-hybridized carbons (Fsp3) is 0.538. The molecule has 0 amide bonds. The Morgan fingerprint density at radius 3 is 2.00 bits per heavy atom. The van der Waals surface area contributed by atoms with E-state index in [2.05, 4.69) is 5.32 Å². The van der Waals surface area contributed by atoms with E-state index in [0.29, 0.717) is 18.7 Å². The van der Waals surface area contributed by atoms with Gasteiger partial charge in [-0.15, -0.1) is 0 Å². The van der Waals surface area contributed by atoms with E-state index in [-0.39, 0.29) is 18.6 Å². The second-order valence-corrected chi connectivity index (χ2v) is 4.91. The lowest BCUT2D eigenvalue weighted by molar-refractivity contribution is -0.143. The van der Waals surface area contributed by atoms with Gasteiger partial charge < -0.3 is 10.1 Å². The first kappa shape index (κ1) is 15.9. The van der Waals surface area contributed by atoms with Gasteiger partial charge >= 0.3 is 12.4 Å². The normalized spacial score (nSPS) is 19.8. The zero-order valence-electron chi connectivity index (χ0n) is 10.8. The molecule has 1 heterocycles. The lowest BCUT2D eigenvalue weighted by atomic mass is 10.1. The average Bonchev–Trinajstić information content (AvgIpc) is 2.87. The Morgan fingerprint density at radius 1 is 1.00 bits per heavy atom. The van der Waals surface area contributed by atoms with E-state index >= 15 is 0 Å². The van der Waals surface area contributed by atoms with Gasteiger partial charge in [0.25, 0.3) is 0 Å². The highest BCUT2D eigenvalue weighted by Crippen LogP contribution is 2.38. The molecule has 0 spiro atoms. The number of halogens is 6. The smallest absolute Gasteiger partial charge is 0.416 e. The third kappa shape index (κ3) is 4.26. The van der Waals surface area contributed by atoms with Crippen molar-refractivity contribution >= 4 is 0 Å². The number of nitrogens with one attached hydrogen (secondary N) is 1. The Morgan fingerprint density at radius 2 is 1.57 bits per heavy atom. The molecule has 1 fully saturated rings. The lowest BCUT2D eigenvalue weighted by Gasteiger charge is -2.16. The number of hydrogen-bond acceptors (Lipinski definition) is 2. The third-order valence-electron chi connectivity index (χ3n) is 3.21. The number of hydrogen-bond donors (Lipinski definition) is 1. The highest BCUT2D eigenvalue weighted by Gasteiger charge is 2.37. The van der Waals surface area contributed by atoms with Gasteiger partial charge in [-0.25, -0.2) is 0 Å². The average molecular weight is 313 g/mol. The van der Waals surface area contributed by atoms with Crippen molar-refractivity contribution in [2.75, 3.05) is 19.7 Å². The summed E-state index contributed by atoms with van der Waals surface area (Å²) in [5.41, 5.74) is -2.73. The molecule has 1 N–H and O–H groups in total. The van der Waals surface area contributed by atoms with E-state index in [4.69, 9.17) is 4.74 Å². The monoisotopic (exact) mass is 313 g/mol. The minimum atomic E-state index is -4.85. The number of alkyl halides is 6. The van der Waals surface area contributed by atoms with Crippen LogP contribution in [0, 0.1) is 5.92 Å². The SMILES string of the molecule is FC(F)(F)c1cc(OCC2CCNC2)cc(C(F)(F)F)c1. The summed E-state index contributed by atoms with van der Waals surface area (Å²) in [5.74, 6) is -0.321. The largest absolute Gasteiger partial charge is 0.493 e. The van der Waals surface area contributed by atoms with Crippen molar-refractivity contribution in [2.45, 2.75) is 18.8 Å². The summed E-state index contributed by atoms with van der Waals surface area (Å²) in [6, 6.07) is 1.28. The lowest BCUT2D eigenvalue weighted by Crippen LogP contribution is -2.16. The van der Waals surface area contributed by atoms with Crippen molar-refractivity contribution in [3.8, 4) is 5.75 Å². The van der Waals surface area contributed by atoms with Crippen LogP contribution in [0.25, 0.3) is 0 Å². The van der Waals surface area contributed by atoms with Gasteiger partial charge in [-0.2, -0.15) is 26.3 Å². The van der Waals surface area contributed by atoms with Crippen LogP contribution in [-0.4, -0.2) is 19.7 Å². The molecule has 21 heavy (non-hydrogen) atoms. The van der Waals surface area contributed by atoms with Gasteiger partial charge in [0.1, 0.15) is 5.75 Å². The molecule has 2 nitrogen and oxygen atoms in total. The van der Waals surface area contributed by atoms with Crippen LogP contribution < -0.4 is 10.1 Å². The van der Waals surface area contributed by atoms with E-state index in [1.165, 1.54) is 0 Å². The summed E-state index contributed by atoms with van der Waals surface area (Å²) in [6.07, 6.45) is -8.92. The van der Waals surface area contributed by atoms with E-state index in [9.17, 15) is 26.3 Å². The molecule has 118 valence electrons. The van der Waals surface area contributed by atoms with E-state index in [0.717, 1.165) is 13.0 Å². The predicted octanol–water partition coefficient (Wildman–Crippen LogP) is 3.71. The van der Waals surface area contributed by atoms with E-state index in [1.54, 1.807) is 0 Å². The van der Waals surface area contributed by atoms with E-state index < -0.39 is 29.2 Å². The maximum absolute atomic E-state index is 12.6. The summed E-state index contributed by atoms with van der Waals surface area (Å²) >= 11 is 0. The minimum absolute atomic E-state index is 0.0873. The Hall–Kier alpha value is -1.44. The fourth-order valence-electron chi connectivity index (χ4n) is 2.08. The molecular formula is C13H13F6NO. The molecule has 0 radical (unpaired) electrons. The minimum Gasteiger partial charge on any atom is -0.493 e. The Labute approximate surface area is 117 Å². The molecule has 1 aliphatic heterocycles. The molecule has 0 aromatic heterocycles. The Kier molecular flexibility index (Phi) is 4.36. The summed E-state index contributed by atoms with van der Waals surface area (Å²) < 4.78 is 81.0. The van der Waals surface area contributed by atoms with Crippen LogP contribution in [0.15, 0.2) is 18.2 Å². The standard InChI is InChI=1S/C13H13F6NO/c14-12(15,16)9-3-10(13(17,18)19)5-11(4-9)21-7-8-1-2-20-6-8/h3-5,8,20H,1-2,6-7H2. The van der Waals surface area contributed by atoms with Gasteiger partial charge in [0.05, 0.1) is 17.7 Å². The molecule has 1 saturated heterocycles. The molecule has 0 saturated carbocycles. The van der Waals surface area contributed by atoms with Crippen molar-refractivity contribution in [3.05, 3.63) is 29.3 Å². The van der Waals surface area contributed by atoms with Crippen molar-refractivity contribution in [1.29, 1.82) is 0 Å². The summed E-state index contributed by atoms with van der Waals surface area (Å²) in [5, 5.41) is 3.04. The van der Waals surface area contributed by atoms with Gasteiger partial charge in [0, 0.05) is 12.5 Å². The molecule has 1 atom stereocenters. The van der Waals surface area contributed by atoms with Crippen molar-refractivity contribution in [1.82, 2.24) is 5.32 Å². The maximum atomic E-state index is 12.6. The number of benzene rings is 1. The van der Waals surface area contributed by atoms with Crippen molar-refractivity contribution in [2.24, 2.45) is 5.92 Å². The van der Waals surface area contributed by atoms with Gasteiger partial charge in [-0.1, -0.05) is 0 Å². The van der Waals surface area contributed by atoms with Crippen LogP contribution in [-0.2, 0) is 12.4 Å². The van der Waals surface area contributed by atoms with Crippen LogP contribution >= 0.6 is 0 Å².